The minimum atomic E-state index is -4.45. The zero-order valence-corrected chi connectivity index (χ0v) is 18.3. The molecule has 0 unspecified atom stereocenters. The van der Waals surface area contributed by atoms with Gasteiger partial charge in [0.2, 0.25) is 0 Å². The fourth-order valence-electron chi connectivity index (χ4n) is 4.56. The number of hydrogen-bond acceptors (Lipinski definition) is 3. The molecular formula is C25H27F3N2O3. The quantitative estimate of drug-likeness (QED) is 0.527. The summed E-state index contributed by atoms with van der Waals surface area (Å²) in [5, 5.41) is 7.00. The first-order valence-electron chi connectivity index (χ1n) is 10.8. The fraction of sp³-hybridized carbons (Fsp3) is 0.360. The van der Waals surface area contributed by atoms with Gasteiger partial charge < -0.3 is 10.1 Å². The average Bonchev–Trinajstić information content (AvgIpc) is 2.82. The zero-order valence-electron chi connectivity index (χ0n) is 18.3. The lowest BCUT2D eigenvalue weighted by Crippen LogP contribution is -2.30. The number of hydrogen-bond donors (Lipinski definition) is 3. The zero-order chi connectivity index (χ0) is 24.0. The van der Waals surface area contributed by atoms with Crippen molar-refractivity contribution in [1.29, 1.82) is 0 Å². The Bertz CT molecular complexity index is 1160. The van der Waals surface area contributed by atoms with Crippen LogP contribution in [0, 0.1) is 0 Å². The number of aromatic amines is 2. The average molecular weight is 460 g/mol. The van der Waals surface area contributed by atoms with Crippen LogP contribution in [0.15, 0.2) is 64.2 Å². The second kappa shape index (κ2) is 10.7. The van der Waals surface area contributed by atoms with Gasteiger partial charge in [-0.15, -0.1) is 0 Å². The molecule has 0 spiro atoms. The maximum absolute atomic E-state index is 13.1. The number of halogens is 3. The molecule has 0 saturated heterocycles. The Hall–Kier alpha value is -3.13. The van der Waals surface area contributed by atoms with E-state index in [-0.39, 0.29) is 12.3 Å². The van der Waals surface area contributed by atoms with E-state index >= 15 is 0 Å². The van der Waals surface area contributed by atoms with E-state index in [4.69, 9.17) is 5.11 Å². The van der Waals surface area contributed by atoms with Gasteiger partial charge >= 0.3 is 11.9 Å². The summed E-state index contributed by atoms with van der Waals surface area (Å²) in [6, 6.07) is 15.2. The van der Waals surface area contributed by atoms with E-state index in [2.05, 4.69) is 22.1 Å². The van der Waals surface area contributed by atoms with Gasteiger partial charge in [0, 0.05) is 24.8 Å². The molecule has 0 bridgehead atoms. The number of rotatable bonds is 4. The van der Waals surface area contributed by atoms with Gasteiger partial charge in [0.05, 0.1) is 5.56 Å². The molecule has 3 N–H and O–H groups in total. The van der Waals surface area contributed by atoms with Crippen LogP contribution in [0.25, 0.3) is 0 Å². The van der Waals surface area contributed by atoms with Gasteiger partial charge in [-0.2, -0.15) is 13.2 Å². The van der Waals surface area contributed by atoms with Crippen molar-refractivity contribution in [3.8, 4) is 0 Å². The van der Waals surface area contributed by atoms with E-state index in [1.54, 1.807) is 6.07 Å². The monoisotopic (exact) mass is 460 g/mol. The van der Waals surface area contributed by atoms with Crippen molar-refractivity contribution < 1.29 is 18.3 Å². The van der Waals surface area contributed by atoms with Crippen LogP contribution in [0.2, 0.25) is 0 Å². The van der Waals surface area contributed by atoms with E-state index in [0.717, 1.165) is 44.9 Å². The number of nitrogens with one attached hydrogen (secondary N) is 2. The Balaban J connectivity index is 0.00000149. The third-order valence-electron chi connectivity index (χ3n) is 6.12. The van der Waals surface area contributed by atoms with Crippen molar-refractivity contribution in [2.75, 3.05) is 7.11 Å². The summed E-state index contributed by atoms with van der Waals surface area (Å²) in [7, 11) is 1.00. The van der Waals surface area contributed by atoms with Gasteiger partial charge in [-0.3, -0.25) is 9.78 Å². The van der Waals surface area contributed by atoms with Crippen LogP contribution in [0.1, 0.15) is 65.5 Å². The molecule has 1 aliphatic carbocycles. The van der Waals surface area contributed by atoms with Crippen molar-refractivity contribution >= 4 is 0 Å². The molecule has 1 heterocycles. The lowest BCUT2D eigenvalue weighted by atomic mass is 9.76. The number of H-pyrrole nitrogens is 2. The van der Waals surface area contributed by atoms with Crippen LogP contribution in [-0.4, -0.2) is 22.2 Å². The predicted octanol–water partition coefficient (Wildman–Crippen LogP) is 4.72. The normalized spacial score (nSPS) is 18.3. The molecule has 33 heavy (non-hydrogen) atoms. The molecule has 0 aliphatic heterocycles. The number of benzene rings is 2. The summed E-state index contributed by atoms with van der Waals surface area (Å²) in [6.45, 7) is 0. The minimum Gasteiger partial charge on any atom is -0.400 e. The Labute approximate surface area is 189 Å². The molecule has 5 nitrogen and oxygen atoms in total. The molecule has 1 aliphatic rings. The highest BCUT2D eigenvalue weighted by Crippen LogP contribution is 2.40. The Morgan fingerprint density at radius 2 is 1.52 bits per heavy atom. The van der Waals surface area contributed by atoms with E-state index in [0.29, 0.717) is 22.7 Å². The summed E-state index contributed by atoms with van der Waals surface area (Å²) >= 11 is 0. The Kier molecular flexibility index (Phi) is 7.92. The summed E-state index contributed by atoms with van der Waals surface area (Å²) in [6.07, 6.45) is -0.974. The maximum Gasteiger partial charge on any atom is 0.416 e. The smallest absolute Gasteiger partial charge is 0.400 e. The molecule has 4 rings (SSSR count). The summed E-state index contributed by atoms with van der Waals surface area (Å²) in [4.78, 5) is 29.5. The standard InChI is InChI=1S/C24H23F3N2O2.CH4O/c25-24(26,27)19-8-4-5-15(13-19)14-20-21(28-23(31)29-22(20)30)18-11-9-17(10-12-18)16-6-2-1-3-7-16;1-2/h1-8,13,17-18H,9-12,14H2,(H2,28,29,30,31);2H,1H3. The highest BCUT2D eigenvalue weighted by atomic mass is 19.4. The molecule has 0 atom stereocenters. The molecule has 2 aromatic carbocycles. The first kappa shape index (κ1) is 24.5. The third-order valence-corrected chi connectivity index (χ3v) is 6.12. The molecule has 8 heteroatoms. The van der Waals surface area contributed by atoms with Crippen LogP contribution in [0.4, 0.5) is 13.2 Å². The van der Waals surface area contributed by atoms with Crippen molar-refractivity contribution in [1.82, 2.24) is 9.97 Å². The summed E-state index contributed by atoms with van der Waals surface area (Å²) < 4.78 is 39.2. The summed E-state index contributed by atoms with van der Waals surface area (Å²) in [5.41, 5.74) is 0.672. The Morgan fingerprint density at radius 3 is 2.15 bits per heavy atom. The van der Waals surface area contributed by atoms with Crippen LogP contribution >= 0.6 is 0 Å². The molecule has 3 aromatic rings. The second-order valence-corrected chi connectivity index (χ2v) is 8.13. The lowest BCUT2D eigenvalue weighted by molar-refractivity contribution is -0.137. The topological polar surface area (TPSA) is 85.9 Å². The molecule has 1 aromatic heterocycles. The van der Waals surface area contributed by atoms with Gasteiger partial charge in [0.25, 0.3) is 5.56 Å². The van der Waals surface area contributed by atoms with Crippen LogP contribution in [0.3, 0.4) is 0 Å². The number of alkyl halides is 3. The SMILES string of the molecule is CO.O=c1[nH]c(C2CCC(c3ccccc3)CC2)c(Cc2cccc(C(F)(F)F)c2)c(=O)[nH]1. The van der Waals surface area contributed by atoms with Gasteiger partial charge in [-0.25, -0.2) is 4.79 Å². The van der Waals surface area contributed by atoms with E-state index in [1.165, 1.54) is 11.6 Å². The third kappa shape index (κ3) is 6.01. The van der Waals surface area contributed by atoms with E-state index in [9.17, 15) is 22.8 Å². The summed E-state index contributed by atoms with van der Waals surface area (Å²) in [5.74, 6) is 0.425. The molecule has 1 fully saturated rings. The van der Waals surface area contributed by atoms with Gasteiger partial charge in [0.15, 0.2) is 0 Å². The molecule has 1 saturated carbocycles. The molecule has 176 valence electrons. The lowest BCUT2D eigenvalue weighted by Gasteiger charge is -2.29. The van der Waals surface area contributed by atoms with Gasteiger partial charge in [-0.1, -0.05) is 48.5 Å². The van der Waals surface area contributed by atoms with Gasteiger partial charge in [-0.05, 0) is 54.7 Å². The molecular weight excluding hydrogens is 433 g/mol. The van der Waals surface area contributed by atoms with E-state index < -0.39 is 23.0 Å². The number of aliphatic hydroxyl groups is 1. The predicted molar refractivity (Wildman–Crippen MR) is 120 cm³/mol. The van der Waals surface area contributed by atoms with Crippen LogP contribution in [-0.2, 0) is 12.6 Å². The maximum atomic E-state index is 13.1. The largest absolute Gasteiger partial charge is 0.416 e. The second-order valence-electron chi connectivity index (χ2n) is 8.13. The highest BCUT2D eigenvalue weighted by Gasteiger charge is 2.31. The molecule has 0 amide bonds. The molecule has 0 radical (unpaired) electrons. The van der Waals surface area contributed by atoms with Crippen molar-refractivity contribution in [3.05, 3.63) is 103 Å². The van der Waals surface area contributed by atoms with Crippen molar-refractivity contribution in [3.63, 3.8) is 0 Å². The van der Waals surface area contributed by atoms with Crippen molar-refractivity contribution in [2.45, 2.75) is 50.1 Å². The van der Waals surface area contributed by atoms with Crippen molar-refractivity contribution in [2.24, 2.45) is 0 Å². The fourth-order valence-corrected chi connectivity index (χ4v) is 4.56. The first-order valence-corrected chi connectivity index (χ1v) is 10.8. The number of aliphatic hydroxyl groups excluding tert-OH is 1. The van der Waals surface area contributed by atoms with E-state index in [1.807, 2.05) is 18.2 Å². The number of aromatic nitrogens is 2. The highest BCUT2D eigenvalue weighted by molar-refractivity contribution is 5.33. The first-order chi connectivity index (χ1) is 15.8. The van der Waals surface area contributed by atoms with Crippen LogP contribution < -0.4 is 11.2 Å². The van der Waals surface area contributed by atoms with Crippen LogP contribution in [0.5, 0.6) is 0 Å². The van der Waals surface area contributed by atoms with Gasteiger partial charge in [0.1, 0.15) is 0 Å². The minimum absolute atomic E-state index is 0.00392. The Morgan fingerprint density at radius 1 is 0.879 bits per heavy atom.